The Morgan fingerprint density at radius 3 is 2.61 bits per heavy atom. The molecule has 4 rings (SSSR count). The van der Waals surface area contributed by atoms with E-state index in [0.29, 0.717) is 38.2 Å². The lowest BCUT2D eigenvalue weighted by Crippen LogP contribution is -2.49. The molecule has 0 aliphatic carbocycles. The first-order valence-corrected chi connectivity index (χ1v) is 14.8. The zero-order valence-electron chi connectivity index (χ0n) is 23.5. The van der Waals surface area contributed by atoms with E-state index in [9.17, 15) is 14.4 Å². The summed E-state index contributed by atoms with van der Waals surface area (Å²) in [7, 11) is 0. The quantitative estimate of drug-likeness (QED) is 0.160. The van der Waals surface area contributed by atoms with Crippen LogP contribution in [0.4, 0.5) is 0 Å². The predicted molar refractivity (Wildman–Crippen MR) is 155 cm³/mol. The number of hydrogen-bond donors (Lipinski definition) is 4. The molecule has 1 spiro atoms. The van der Waals surface area contributed by atoms with Crippen LogP contribution >= 0.6 is 11.3 Å². The fourth-order valence-corrected chi connectivity index (χ4v) is 5.98. The SMILES string of the molecule is CC(C)CC(NC(=O)[C@@H]1CC2(CN1C(=O)CNC(=O)CCCOc1ccccc1)OCCO2)c1cc(C(=N)N)cs1. The number of nitrogens with zero attached hydrogens (tertiary/aromatic N) is 1. The van der Waals surface area contributed by atoms with Crippen molar-refractivity contribution in [3.63, 3.8) is 0 Å². The van der Waals surface area contributed by atoms with E-state index in [1.807, 2.05) is 36.4 Å². The van der Waals surface area contributed by atoms with Gasteiger partial charge in [0.25, 0.3) is 0 Å². The molecule has 12 heteroatoms. The highest BCUT2D eigenvalue weighted by Crippen LogP contribution is 2.36. The van der Waals surface area contributed by atoms with Gasteiger partial charge in [-0.05, 0) is 37.0 Å². The number of ether oxygens (including phenoxy) is 3. The number of amidine groups is 1. The van der Waals surface area contributed by atoms with Crippen LogP contribution in [-0.2, 0) is 23.9 Å². The predicted octanol–water partition coefficient (Wildman–Crippen LogP) is 2.55. The normalized spacial score (nSPS) is 18.4. The van der Waals surface area contributed by atoms with Crippen LogP contribution in [0.2, 0.25) is 0 Å². The van der Waals surface area contributed by atoms with Crippen LogP contribution in [0.1, 0.15) is 56.0 Å². The molecule has 3 amide bonds. The van der Waals surface area contributed by atoms with E-state index in [1.54, 1.807) is 5.38 Å². The van der Waals surface area contributed by atoms with Crippen LogP contribution in [-0.4, -0.2) is 73.2 Å². The Bertz CT molecular complexity index is 1210. The smallest absolute Gasteiger partial charge is 0.243 e. The minimum absolute atomic E-state index is 0.0297. The molecule has 222 valence electrons. The summed E-state index contributed by atoms with van der Waals surface area (Å²) in [6.07, 6.45) is 1.58. The maximum Gasteiger partial charge on any atom is 0.243 e. The maximum atomic E-state index is 13.7. The molecule has 2 fully saturated rings. The topological polar surface area (TPSA) is 156 Å². The van der Waals surface area contributed by atoms with Crippen molar-refractivity contribution >= 4 is 34.9 Å². The Morgan fingerprint density at radius 1 is 1.22 bits per heavy atom. The summed E-state index contributed by atoms with van der Waals surface area (Å²) < 4.78 is 17.3. The lowest BCUT2D eigenvalue weighted by Gasteiger charge is -2.26. The molecule has 2 atom stereocenters. The van der Waals surface area contributed by atoms with Gasteiger partial charge < -0.3 is 35.5 Å². The molecule has 1 aromatic heterocycles. The zero-order chi connectivity index (χ0) is 29.4. The summed E-state index contributed by atoms with van der Waals surface area (Å²) in [6, 6.07) is 10.0. The lowest BCUT2D eigenvalue weighted by molar-refractivity contribution is -0.152. The van der Waals surface area contributed by atoms with E-state index in [-0.39, 0.29) is 61.4 Å². The fourth-order valence-electron chi connectivity index (χ4n) is 5.01. The van der Waals surface area contributed by atoms with Gasteiger partial charge in [-0.3, -0.25) is 19.8 Å². The molecule has 2 saturated heterocycles. The number of nitrogen functional groups attached to an aromatic ring is 1. The third-order valence-corrected chi connectivity index (χ3v) is 8.07. The van der Waals surface area contributed by atoms with Gasteiger partial charge in [0.05, 0.1) is 39.0 Å². The van der Waals surface area contributed by atoms with Crippen molar-refractivity contribution in [2.45, 2.75) is 57.4 Å². The molecular weight excluding hydrogens is 546 g/mol. The van der Waals surface area contributed by atoms with E-state index >= 15 is 0 Å². The van der Waals surface area contributed by atoms with Crippen molar-refractivity contribution in [3.05, 3.63) is 52.2 Å². The molecule has 2 aliphatic heterocycles. The van der Waals surface area contributed by atoms with E-state index in [4.69, 9.17) is 25.4 Å². The van der Waals surface area contributed by atoms with Crippen molar-refractivity contribution in [2.75, 3.05) is 32.9 Å². The summed E-state index contributed by atoms with van der Waals surface area (Å²) in [4.78, 5) is 41.7. The first kappa shape index (κ1) is 30.5. The average molecular weight is 586 g/mol. The molecule has 1 unspecified atom stereocenters. The molecule has 3 heterocycles. The number of hydrogen-bond acceptors (Lipinski definition) is 8. The van der Waals surface area contributed by atoms with Gasteiger partial charge >= 0.3 is 0 Å². The first-order valence-electron chi connectivity index (χ1n) is 13.9. The minimum Gasteiger partial charge on any atom is -0.494 e. The molecular formula is C29H39N5O6S. The molecule has 2 aromatic rings. The summed E-state index contributed by atoms with van der Waals surface area (Å²) in [5, 5.41) is 15.3. The van der Waals surface area contributed by atoms with Crippen molar-refractivity contribution in [3.8, 4) is 5.75 Å². The first-order chi connectivity index (χ1) is 19.7. The monoisotopic (exact) mass is 585 g/mol. The highest BCUT2D eigenvalue weighted by Gasteiger charge is 2.52. The van der Waals surface area contributed by atoms with E-state index in [0.717, 1.165) is 10.6 Å². The Balaban J connectivity index is 1.35. The number of carbonyl (C=O) groups excluding carboxylic acids is 3. The van der Waals surface area contributed by atoms with Crippen molar-refractivity contribution in [1.29, 1.82) is 5.41 Å². The van der Waals surface area contributed by atoms with Gasteiger partial charge in [-0.1, -0.05) is 32.0 Å². The number of rotatable bonds is 13. The summed E-state index contributed by atoms with van der Waals surface area (Å²) in [5.74, 6) is -1.01. The van der Waals surface area contributed by atoms with Crippen LogP contribution in [0, 0.1) is 11.3 Å². The van der Waals surface area contributed by atoms with Gasteiger partial charge in [0.15, 0.2) is 5.79 Å². The van der Waals surface area contributed by atoms with Crippen molar-refractivity contribution < 1.29 is 28.6 Å². The van der Waals surface area contributed by atoms with Crippen LogP contribution in [0.3, 0.4) is 0 Å². The molecule has 11 nitrogen and oxygen atoms in total. The summed E-state index contributed by atoms with van der Waals surface area (Å²) >= 11 is 1.43. The second kappa shape index (κ2) is 13.9. The highest BCUT2D eigenvalue weighted by atomic mass is 32.1. The summed E-state index contributed by atoms with van der Waals surface area (Å²) in [5.41, 5.74) is 6.26. The van der Waals surface area contributed by atoms with Gasteiger partial charge in [-0.15, -0.1) is 11.3 Å². The van der Waals surface area contributed by atoms with Crippen LogP contribution in [0.15, 0.2) is 41.8 Å². The number of nitrogens with one attached hydrogen (secondary N) is 3. The van der Waals surface area contributed by atoms with E-state index in [1.165, 1.54) is 16.2 Å². The van der Waals surface area contributed by atoms with Crippen molar-refractivity contribution in [2.24, 2.45) is 11.7 Å². The number of nitrogens with two attached hydrogens (primary N) is 1. The van der Waals surface area contributed by atoms with E-state index in [2.05, 4.69) is 24.5 Å². The number of thiophene rings is 1. The number of carbonyl (C=O) groups is 3. The number of benzene rings is 1. The number of para-hydroxylation sites is 1. The standard InChI is InChI=1S/C29H39N5O6S/c1-19(2)13-22(24-14-20(17-41-24)27(30)31)33-28(37)23-15-29(39-11-12-40-29)18-34(23)26(36)16-32-25(35)9-6-10-38-21-7-4-3-5-8-21/h3-5,7-8,14,17,19,22-23H,6,9-13,15-16,18H2,1-2H3,(H3,30,31)(H,32,35)(H,33,37)/t22?,23-/m0/s1. The number of likely N-dealkylation sites (tertiary alicyclic amines) is 1. The van der Waals surface area contributed by atoms with Gasteiger partial charge in [-0.2, -0.15) is 0 Å². The minimum atomic E-state index is -1.03. The molecule has 41 heavy (non-hydrogen) atoms. The van der Waals surface area contributed by atoms with Gasteiger partial charge in [-0.25, -0.2) is 0 Å². The maximum absolute atomic E-state index is 13.7. The third-order valence-electron chi connectivity index (χ3n) is 7.02. The van der Waals surface area contributed by atoms with Gasteiger partial charge in [0, 0.05) is 28.7 Å². The average Bonchev–Trinajstić information content (AvgIpc) is 3.70. The molecule has 0 saturated carbocycles. The van der Waals surface area contributed by atoms with Gasteiger partial charge in [0.1, 0.15) is 17.6 Å². The largest absolute Gasteiger partial charge is 0.494 e. The van der Waals surface area contributed by atoms with Crippen LogP contribution in [0.5, 0.6) is 5.75 Å². The van der Waals surface area contributed by atoms with Crippen LogP contribution < -0.4 is 21.1 Å². The lowest BCUT2D eigenvalue weighted by atomic mass is 10.0. The number of amides is 3. The Morgan fingerprint density at radius 2 is 1.95 bits per heavy atom. The second-order valence-corrected chi connectivity index (χ2v) is 11.7. The molecule has 0 radical (unpaired) electrons. The summed E-state index contributed by atoms with van der Waals surface area (Å²) in [6.45, 7) is 5.15. The Kier molecular flexibility index (Phi) is 10.4. The fraction of sp³-hybridized carbons (Fsp3) is 0.517. The Labute approximate surface area is 244 Å². The van der Waals surface area contributed by atoms with Gasteiger partial charge in [0.2, 0.25) is 17.7 Å². The zero-order valence-corrected chi connectivity index (χ0v) is 24.3. The van der Waals surface area contributed by atoms with Crippen molar-refractivity contribution in [1.82, 2.24) is 15.5 Å². The Hall–Kier alpha value is -3.48. The third kappa shape index (κ3) is 8.27. The highest BCUT2D eigenvalue weighted by molar-refractivity contribution is 7.10. The molecule has 2 aliphatic rings. The van der Waals surface area contributed by atoms with Crippen LogP contribution in [0.25, 0.3) is 0 Å². The molecule has 0 bridgehead atoms. The van der Waals surface area contributed by atoms with E-state index < -0.39 is 11.8 Å². The molecule has 5 N–H and O–H groups in total. The molecule has 1 aromatic carbocycles. The second-order valence-electron chi connectivity index (χ2n) is 10.7.